The van der Waals surface area contributed by atoms with Gasteiger partial charge in [0, 0.05) is 22.6 Å². The minimum absolute atomic E-state index is 0.0911. The lowest BCUT2D eigenvalue weighted by atomic mass is 10.2. The number of rotatable bonds is 3. The maximum atomic E-state index is 11.6. The summed E-state index contributed by atoms with van der Waals surface area (Å²) in [5, 5.41) is 9.55. The van der Waals surface area contributed by atoms with Crippen LogP contribution >= 0.6 is 11.8 Å². The molecule has 0 saturated heterocycles. The molecule has 1 aliphatic rings. The molecule has 0 fully saturated rings. The second kappa shape index (κ2) is 4.85. The largest absolute Gasteiger partial charge is 0.388 e. The molecule has 0 spiro atoms. The Kier molecular flexibility index (Phi) is 3.46. The van der Waals surface area contributed by atoms with Crippen LogP contribution in [0.2, 0.25) is 0 Å². The third kappa shape index (κ3) is 2.36. The summed E-state index contributed by atoms with van der Waals surface area (Å²) in [4.78, 5) is 12.7. The number of Topliss-reactive ketones (excluding diaryl/α,β-unsaturated/α-hetero) is 1. The first-order valence-corrected chi connectivity index (χ1v) is 6.26. The number of hydrogen-bond donors (Lipinski definition) is 1. The standard InChI is InChI=1S/C13H14O2S/c1-9-11(13(15)7-12(9)14)8-16-10-5-3-2-4-6-10/h2-6,12,14H,7-8H2,1H3. The van der Waals surface area contributed by atoms with Crippen molar-refractivity contribution in [3.63, 3.8) is 0 Å². The van der Waals surface area contributed by atoms with Crippen LogP contribution in [0.5, 0.6) is 0 Å². The van der Waals surface area contributed by atoms with Gasteiger partial charge in [-0.2, -0.15) is 0 Å². The van der Waals surface area contributed by atoms with Gasteiger partial charge in [-0.1, -0.05) is 18.2 Å². The number of carbonyl (C=O) groups is 1. The van der Waals surface area contributed by atoms with Crippen molar-refractivity contribution in [2.75, 3.05) is 5.75 Å². The topological polar surface area (TPSA) is 37.3 Å². The van der Waals surface area contributed by atoms with Crippen molar-refractivity contribution in [3.05, 3.63) is 41.5 Å². The molecule has 0 aromatic heterocycles. The molecular weight excluding hydrogens is 220 g/mol. The lowest BCUT2D eigenvalue weighted by Crippen LogP contribution is -2.03. The van der Waals surface area contributed by atoms with E-state index in [1.165, 1.54) is 0 Å². The Hall–Kier alpha value is -1.06. The lowest BCUT2D eigenvalue weighted by Gasteiger charge is -2.03. The van der Waals surface area contributed by atoms with Crippen LogP contribution in [0, 0.1) is 0 Å². The van der Waals surface area contributed by atoms with Crippen LogP contribution in [0.25, 0.3) is 0 Å². The minimum atomic E-state index is -0.557. The monoisotopic (exact) mass is 234 g/mol. The van der Waals surface area contributed by atoms with Gasteiger partial charge >= 0.3 is 0 Å². The lowest BCUT2D eigenvalue weighted by molar-refractivity contribution is -0.115. The highest BCUT2D eigenvalue weighted by Crippen LogP contribution is 2.28. The Labute approximate surface area is 99.4 Å². The molecule has 0 heterocycles. The Bertz CT molecular complexity index is 423. The van der Waals surface area contributed by atoms with Crippen LogP contribution in [0.15, 0.2) is 46.4 Å². The van der Waals surface area contributed by atoms with Gasteiger partial charge in [-0.3, -0.25) is 4.79 Å². The smallest absolute Gasteiger partial charge is 0.162 e. The number of benzene rings is 1. The molecule has 3 heteroatoms. The molecule has 0 bridgehead atoms. The zero-order chi connectivity index (χ0) is 11.5. The van der Waals surface area contributed by atoms with E-state index < -0.39 is 6.10 Å². The summed E-state index contributed by atoms with van der Waals surface area (Å²) in [6.45, 7) is 1.84. The number of aliphatic hydroxyl groups excluding tert-OH is 1. The second-order valence-corrected chi connectivity index (χ2v) is 4.96. The maximum Gasteiger partial charge on any atom is 0.162 e. The number of carbonyl (C=O) groups excluding carboxylic acids is 1. The van der Waals surface area contributed by atoms with Crippen molar-refractivity contribution in [1.29, 1.82) is 0 Å². The minimum Gasteiger partial charge on any atom is -0.388 e. The molecule has 0 aliphatic heterocycles. The van der Waals surface area contributed by atoms with Gasteiger partial charge in [0.1, 0.15) is 0 Å². The van der Waals surface area contributed by atoms with E-state index in [1.54, 1.807) is 11.8 Å². The predicted octanol–water partition coefficient (Wildman–Crippen LogP) is 2.43. The van der Waals surface area contributed by atoms with Crippen molar-refractivity contribution >= 4 is 17.5 Å². The molecule has 1 aromatic rings. The quantitative estimate of drug-likeness (QED) is 0.816. The van der Waals surface area contributed by atoms with Crippen molar-refractivity contribution in [1.82, 2.24) is 0 Å². The Morgan fingerprint density at radius 2 is 2.06 bits per heavy atom. The highest BCUT2D eigenvalue weighted by molar-refractivity contribution is 7.99. The molecule has 0 radical (unpaired) electrons. The fourth-order valence-corrected chi connectivity index (χ4v) is 2.79. The van der Waals surface area contributed by atoms with Crippen LogP contribution in [0.3, 0.4) is 0 Å². The summed E-state index contributed by atoms with van der Waals surface area (Å²) in [5.41, 5.74) is 1.63. The molecule has 0 amide bonds. The van der Waals surface area contributed by atoms with E-state index in [2.05, 4.69) is 0 Å². The van der Waals surface area contributed by atoms with E-state index in [1.807, 2.05) is 37.3 Å². The van der Waals surface area contributed by atoms with Crippen LogP contribution in [-0.2, 0) is 4.79 Å². The van der Waals surface area contributed by atoms with E-state index in [9.17, 15) is 9.90 Å². The van der Waals surface area contributed by atoms with Crippen molar-refractivity contribution in [2.45, 2.75) is 24.3 Å². The molecule has 1 unspecified atom stereocenters. The van der Waals surface area contributed by atoms with Gasteiger partial charge in [-0.25, -0.2) is 0 Å². The fraction of sp³-hybridized carbons (Fsp3) is 0.308. The summed E-state index contributed by atoms with van der Waals surface area (Å²) in [5.74, 6) is 0.750. The molecule has 16 heavy (non-hydrogen) atoms. The molecule has 1 atom stereocenters. The fourth-order valence-electron chi connectivity index (χ4n) is 1.74. The first-order chi connectivity index (χ1) is 7.68. The summed E-state index contributed by atoms with van der Waals surface area (Å²) >= 11 is 1.64. The van der Waals surface area contributed by atoms with E-state index in [4.69, 9.17) is 0 Å². The van der Waals surface area contributed by atoms with Gasteiger partial charge < -0.3 is 5.11 Å². The maximum absolute atomic E-state index is 11.6. The molecule has 1 aliphatic carbocycles. The van der Waals surface area contributed by atoms with Gasteiger partial charge in [0.15, 0.2) is 5.78 Å². The SMILES string of the molecule is CC1=C(CSc2ccccc2)C(=O)CC1O. The van der Waals surface area contributed by atoms with E-state index >= 15 is 0 Å². The number of thioether (sulfide) groups is 1. The van der Waals surface area contributed by atoms with E-state index in [0.29, 0.717) is 5.75 Å². The summed E-state index contributed by atoms with van der Waals surface area (Å²) < 4.78 is 0. The van der Waals surface area contributed by atoms with Crippen LogP contribution in [-0.4, -0.2) is 22.7 Å². The number of aliphatic hydroxyl groups is 1. The Morgan fingerprint density at radius 3 is 2.62 bits per heavy atom. The predicted molar refractivity (Wildman–Crippen MR) is 65.5 cm³/mol. The van der Waals surface area contributed by atoms with Crippen LogP contribution in [0.1, 0.15) is 13.3 Å². The zero-order valence-corrected chi connectivity index (χ0v) is 9.96. The average molecular weight is 234 g/mol. The highest BCUT2D eigenvalue weighted by atomic mass is 32.2. The van der Waals surface area contributed by atoms with E-state index in [-0.39, 0.29) is 12.2 Å². The Morgan fingerprint density at radius 1 is 1.38 bits per heavy atom. The van der Waals surface area contributed by atoms with Crippen molar-refractivity contribution in [2.24, 2.45) is 0 Å². The summed E-state index contributed by atoms with van der Waals surface area (Å²) in [6, 6.07) is 9.98. The molecule has 1 aromatic carbocycles. The molecule has 84 valence electrons. The van der Waals surface area contributed by atoms with Gasteiger partial charge in [-0.05, 0) is 24.6 Å². The summed E-state index contributed by atoms with van der Waals surface area (Å²) in [7, 11) is 0. The Balaban J connectivity index is 2.04. The van der Waals surface area contributed by atoms with Gasteiger partial charge in [0.05, 0.1) is 6.10 Å². The van der Waals surface area contributed by atoms with E-state index in [0.717, 1.165) is 16.0 Å². The first-order valence-electron chi connectivity index (χ1n) is 5.27. The first kappa shape index (κ1) is 11.4. The molecule has 0 saturated carbocycles. The van der Waals surface area contributed by atoms with Gasteiger partial charge in [-0.15, -0.1) is 11.8 Å². The number of ketones is 1. The molecule has 2 rings (SSSR count). The molecular formula is C13H14O2S. The van der Waals surface area contributed by atoms with Gasteiger partial charge in [0.2, 0.25) is 0 Å². The van der Waals surface area contributed by atoms with Crippen LogP contribution in [0.4, 0.5) is 0 Å². The highest BCUT2D eigenvalue weighted by Gasteiger charge is 2.27. The molecule has 1 N–H and O–H groups in total. The van der Waals surface area contributed by atoms with Gasteiger partial charge in [0.25, 0.3) is 0 Å². The molecule has 2 nitrogen and oxygen atoms in total. The van der Waals surface area contributed by atoms with Crippen molar-refractivity contribution in [3.8, 4) is 0 Å². The third-order valence-corrected chi connectivity index (χ3v) is 3.86. The summed E-state index contributed by atoms with van der Waals surface area (Å²) in [6.07, 6.45) is -0.296. The second-order valence-electron chi connectivity index (χ2n) is 3.91. The third-order valence-electron chi connectivity index (χ3n) is 2.82. The average Bonchev–Trinajstić information content (AvgIpc) is 2.53. The zero-order valence-electron chi connectivity index (χ0n) is 9.14. The number of hydrogen-bond acceptors (Lipinski definition) is 3. The van der Waals surface area contributed by atoms with Crippen molar-refractivity contribution < 1.29 is 9.90 Å². The van der Waals surface area contributed by atoms with Crippen LogP contribution < -0.4 is 0 Å². The normalized spacial score (nSPS) is 20.6.